The molecule has 0 radical (unpaired) electrons. The maximum absolute atomic E-state index is 3.61. The topological polar surface area (TPSA) is 15.3 Å². The average molecular weight is 268 g/mol. The molecule has 2 nitrogen and oxygen atoms in total. The highest BCUT2D eigenvalue weighted by molar-refractivity contribution is 5.61. The zero-order valence-corrected chi connectivity index (χ0v) is 12.6. The van der Waals surface area contributed by atoms with E-state index < -0.39 is 0 Å². The molecule has 0 saturated carbocycles. The van der Waals surface area contributed by atoms with Crippen LogP contribution in [0.1, 0.15) is 27.2 Å². The fraction of sp³-hybridized carbons (Fsp3) is 0.333. The van der Waals surface area contributed by atoms with Crippen molar-refractivity contribution in [1.82, 2.24) is 5.43 Å². The van der Waals surface area contributed by atoms with Crippen LogP contribution in [0.25, 0.3) is 0 Å². The van der Waals surface area contributed by atoms with Crippen molar-refractivity contribution in [2.24, 2.45) is 5.92 Å². The quantitative estimate of drug-likeness (QED) is 0.760. The van der Waals surface area contributed by atoms with E-state index in [0.29, 0.717) is 12.0 Å². The first-order valence-corrected chi connectivity index (χ1v) is 7.33. The van der Waals surface area contributed by atoms with Crippen molar-refractivity contribution in [2.75, 3.05) is 5.01 Å². The standard InChI is InChI=1S/C18H24N2/c1-15(2)14-16(3)19-20(17-10-6-4-7-11-17)18-12-8-5-9-13-18/h4-13,15-16,19H,14H2,1-3H3. The predicted octanol–water partition coefficient (Wildman–Crippen LogP) is 4.76. The van der Waals surface area contributed by atoms with Crippen molar-refractivity contribution in [3.05, 3.63) is 60.7 Å². The largest absolute Gasteiger partial charge is 0.277 e. The fourth-order valence-corrected chi connectivity index (χ4v) is 2.43. The summed E-state index contributed by atoms with van der Waals surface area (Å²) < 4.78 is 0. The normalized spacial score (nSPS) is 12.4. The molecule has 0 aliphatic carbocycles. The zero-order valence-electron chi connectivity index (χ0n) is 12.6. The van der Waals surface area contributed by atoms with Crippen molar-refractivity contribution < 1.29 is 0 Å². The minimum Gasteiger partial charge on any atom is -0.277 e. The summed E-state index contributed by atoms with van der Waals surface area (Å²) in [5.41, 5.74) is 5.94. The Labute approximate surface area is 122 Å². The van der Waals surface area contributed by atoms with E-state index in [0.717, 1.165) is 17.8 Å². The first-order valence-electron chi connectivity index (χ1n) is 7.33. The van der Waals surface area contributed by atoms with Gasteiger partial charge >= 0.3 is 0 Å². The number of nitrogens with zero attached hydrogens (tertiary/aromatic N) is 1. The Kier molecular flexibility index (Phi) is 5.19. The van der Waals surface area contributed by atoms with Crippen molar-refractivity contribution in [2.45, 2.75) is 33.2 Å². The number of para-hydroxylation sites is 2. The van der Waals surface area contributed by atoms with Gasteiger partial charge in [-0.15, -0.1) is 0 Å². The Morgan fingerprint density at radius 3 is 1.65 bits per heavy atom. The predicted molar refractivity (Wildman–Crippen MR) is 87.1 cm³/mol. The van der Waals surface area contributed by atoms with Gasteiger partial charge in [0.05, 0.1) is 11.4 Å². The van der Waals surface area contributed by atoms with Gasteiger partial charge in [-0.2, -0.15) is 0 Å². The van der Waals surface area contributed by atoms with E-state index in [4.69, 9.17) is 0 Å². The van der Waals surface area contributed by atoms with Crippen LogP contribution in [-0.4, -0.2) is 6.04 Å². The molecule has 1 unspecified atom stereocenters. The third kappa shape index (κ3) is 4.10. The summed E-state index contributed by atoms with van der Waals surface area (Å²) in [7, 11) is 0. The Bertz CT molecular complexity index is 454. The maximum Gasteiger partial charge on any atom is 0.0577 e. The third-order valence-electron chi connectivity index (χ3n) is 3.20. The Balaban J connectivity index is 2.21. The first-order chi connectivity index (χ1) is 9.66. The summed E-state index contributed by atoms with van der Waals surface area (Å²) in [6.07, 6.45) is 1.15. The number of rotatable bonds is 6. The number of nitrogens with one attached hydrogen (secondary N) is 1. The van der Waals surface area contributed by atoms with Gasteiger partial charge in [-0.25, -0.2) is 5.43 Å². The van der Waals surface area contributed by atoms with E-state index in [-0.39, 0.29) is 0 Å². The molecule has 1 atom stereocenters. The lowest BCUT2D eigenvalue weighted by Crippen LogP contribution is -2.41. The molecule has 0 amide bonds. The second-order valence-corrected chi connectivity index (χ2v) is 5.67. The highest BCUT2D eigenvalue weighted by Crippen LogP contribution is 2.23. The van der Waals surface area contributed by atoms with Crippen LogP contribution in [0.3, 0.4) is 0 Å². The van der Waals surface area contributed by atoms with Gasteiger partial charge in [0.15, 0.2) is 0 Å². The number of benzene rings is 2. The molecule has 0 aliphatic rings. The lowest BCUT2D eigenvalue weighted by Gasteiger charge is -2.30. The monoisotopic (exact) mass is 268 g/mol. The van der Waals surface area contributed by atoms with E-state index in [1.165, 1.54) is 0 Å². The Morgan fingerprint density at radius 2 is 1.25 bits per heavy atom. The second-order valence-electron chi connectivity index (χ2n) is 5.67. The SMILES string of the molecule is CC(C)CC(C)NN(c1ccccc1)c1ccccc1. The molecule has 2 aromatic carbocycles. The number of hydrogen-bond acceptors (Lipinski definition) is 2. The van der Waals surface area contributed by atoms with Crippen molar-refractivity contribution in [1.29, 1.82) is 0 Å². The van der Waals surface area contributed by atoms with Gasteiger partial charge in [-0.3, -0.25) is 5.01 Å². The number of hydrogen-bond donors (Lipinski definition) is 1. The molecule has 20 heavy (non-hydrogen) atoms. The smallest absolute Gasteiger partial charge is 0.0577 e. The van der Waals surface area contributed by atoms with E-state index in [9.17, 15) is 0 Å². The summed E-state index contributed by atoms with van der Waals surface area (Å²) in [5, 5.41) is 2.17. The molecule has 0 fully saturated rings. The summed E-state index contributed by atoms with van der Waals surface area (Å²) in [6.45, 7) is 6.75. The molecule has 0 saturated heterocycles. The summed E-state index contributed by atoms with van der Waals surface area (Å²) in [5.74, 6) is 0.686. The van der Waals surface area contributed by atoms with Crippen LogP contribution < -0.4 is 10.4 Å². The van der Waals surface area contributed by atoms with Crippen LogP contribution in [0.5, 0.6) is 0 Å². The van der Waals surface area contributed by atoms with Crippen LogP contribution in [0, 0.1) is 5.92 Å². The third-order valence-corrected chi connectivity index (χ3v) is 3.20. The average Bonchev–Trinajstić information content (AvgIpc) is 2.46. The zero-order chi connectivity index (χ0) is 14.4. The molecule has 2 rings (SSSR count). The number of hydrazine groups is 1. The molecular weight excluding hydrogens is 244 g/mol. The first kappa shape index (κ1) is 14.6. The van der Waals surface area contributed by atoms with Crippen LogP contribution in [0.15, 0.2) is 60.7 Å². The minimum absolute atomic E-state index is 0.426. The Hall–Kier alpha value is -1.80. The van der Waals surface area contributed by atoms with E-state index >= 15 is 0 Å². The highest BCUT2D eigenvalue weighted by atomic mass is 15.5. The summed E-state index contributed by atoms with van der Waals surface area (Å²) in [6, 6.07) is 21.3. The van der Waals surface area contributed by atoms with E-state index in [1.807, 2.05) is 12.1 Å². The van der Waals surface area contributed by atoms with Crippen molar-refractivity contribution >= 4 is 11.4 Å². The molecule has 0 bridgehead atoms. The lowest BCUT2D eigenvalue weighted by molar-refractivity contribution is 0.446. The van der Waals surface area contributed by atoms with E-state index in [1.54, 1.807) is 0 Å². The minimum atomic E-state index is 0.426. The molecule has 0 aromatic heterocycles. The van der Waals surface area contributed by atoms with Gasteiger partial charge < -0.3 is 0 Å². The highest BCUT2D eigenvalue weighted by Gasteiger charge is 2.12. The molecular formula is C18H24N2. The van der Waals surface area contributed by atoms with Crippen molar-refractivity contribution in [3.63, 3.8) is 0 Å². The van der Waals surface area contributed by atoms with Gasteiger partial charge in [0.2, 0.25) is 0 Å². The van der Waals surface area contributed by atoms with Gasteiger partial charge in [-0.1, -0.05) is 50.2 Å². The van der Waals surface area contributed by atoms with E-state index in [2.05, 4.69) is 79.7 Å². The molecule has 0 heterocycles. The van der Waals surface area contributed by atoms with Gasteiger partial charge in [0.1, 0.15) is 0 Å². The number of anilines is 2. The second kappa shape index (κ2) is 7.11. The van der Waals surface area contributed by atoms with Crippen LogP contribution >= 0.6 is 0 Å². The molecule has 2 aromatic rings. The van der Waals surface area contributed by atoms with Crippen LogP contribution in [-0.2, 0) is 0 Å². The summed E-state index contributed by atoms with van der Waals surface area (Å²) >= 11 is 0. The molecule has 0 spiro atoms. The summed E-state index contributed by atoms with van der Waals surface area (Å²) in [4.78, 5) is 0. The Morgan fingerprint density at radius 1 is 0.800 bits per heavy atom. The molecule has 1 N–H and O–H groups in total. The van der Waals surface area contributed by atoms with Crippen LogP contribution in [0.4, 0.5) is 11.4 Å². The van der Waals surface area contributed by atoms with Crippen LogP contribution in [0.2, 0.25) is 0 Å². The lowest BCUT2D eigenvalue weighted by atomic mass is 10.1. The molecule has 2 heteroatoms. The van der Waals surface area contributed by atoms with Gasteiger partial charge in [-0.05, 0) is 43.5 Å². The van der Waals surface area contributed by atoms with Gasteiger partial charge in [0.25, 0.3) is 0 Å². The molecule has 106 valence electrons. The van der Waals surface area contributed by atoms with Crippen molar-refractivity contribution in [3.8, 4) is 0 Å². The molecule has 0 aliphatic heterocycles. The maximum atomic E-state index is 3.61. The van der Waals surface area contributed by atoms with Gasteiger partial charge in [0, 0.05) is 6.04 Å². The fourth-order valence-electron chi connectivity index (χ4n) is 2.43.